The van der Waals surface area contributed by atoms with Gasteiger partial charge < -0.3 is 4.74 Å². The molecule has 1 aromatic heterocycles. The van der Waals surface area contributed by atoms with E-state index in [-0.39, 0.29) is 24.8 Å². The van der Waals surface area contributed by atoms with Crippen LogP contribution >= 0.6 is 0 Å². The number of rotatable bonds is 7. The summed E-state index contributed by atoms with van der Waals surface area (Å²) in [6.07, 6.45) is 0.833. The first-order chi connectivity index (χ1) is 12.0. The first-order valence-electron chi connectivity index (χ1n) is 8.23. The summed E-state index contributed by atoms with van der Waals surface area (Å²) in [5.41, 5.74) is 7.60. The van der Waals surface area contributed by atoms with Crippen molar-refractivity contribution in [1.29, 1.82) is 0 Å². The number of carbonyl (C=O) groups excluding carboxylic acids is 2. The number of hydrogen-bond donors (Lipinski definition) is 2. The van der Waals surface area contributed by atoms with Gasteiger partial charge in [0.25, 0.3) is 5.91 Å². The van der Waals surface area contributed by atoms with E-state index < -0.39 is 0 Å². The fourth-order valence-electron chi connectivity index (χ4n) is 2.35. The molecule has 0 spiro atoms. The van der Waals surface area contributed by atoms with Crippen molar-refractivity contribution in [3.8, 4) is 5.75 Å². The monoisotopic (exact) mass is 344 g/mol. The largest absolute Gasteiger partial charge is 0.493 e. The van der Waals surface area contributed by atoms with Gasteiger partial charge in [-0.05, 0) is 44.9 Å². The minimum atomic E-state index is -0.323. The van der Waals surface area contributed by atoms with Gasteiger partial charge in [0.05, 0.1) is 12.3 Å². The number of carbonyl (C=O) groups is 2. The molecule has 7 nitrogen and oxygen atoms in total. The van der Waals surface area contributed by atoms with E-state index in [0.29, 0.717) is 13.0 Å². The number of hydrogen-bond acceptors (Lipinski definition) is 4. The summed E-state index contributed by atoms with van der Waals surface area (Å²) in [5.74, 6) is 0.243. The minimum absolute atomic E-state index is 0.0658. The summed E-state index contributed by atoms with van der Waals surface area (Å²) in [4.78, 5) is 23.6. The molecule has 7 heteroatoms. The van der Waals surface area contributed by atoms with Gasteiger partial charge in [0, 0.05) is 12.1 Å². The summed E-state index contributed by atoms with van der Waals surface area (Å²) in [7, 11) is 0. The Hall–Kier alpha value is -2.83. The highest BCUT2D eigenvalue weighted by molar-refractivity contribution is 5.81. The molecule has 0 fully saturated rings. The fraction of sp³-hybridized carbons (Fsp3) is 0.389. The second-order valence-electron chi connectivity index (χ2n) is 5.90. The van der Waals surface area contributed by atoms with Gasteiger partial charge in [-0.25, -0.2) is 0 Å². The van der Waals surface area contributed by atoms with Crippen molar-refractivity contribution in [3.05, 3.63) is 47.3 Å². The van der Waals surface area contributed by atoms with Gasteiger partial charge in [-0.15, -0.1) is 0 Å². The molecule has 0 atom stereocenters. The number of para-hydroxylation sites is 1. The van der Waals surface area contributed by atoms with E-state index >= 15 is 0 Å². The number of aromatic nitrogens is 2. The molecule has 25 heavy (non-hydrogen) atoms. The van der Waals surface area contributed by atoms with Crippen molar-refractivity contribution in [2.75, 3.05) is 6.61 Å². The number of amides is 2. The smallest absolute Gasteiger partial charge is 0.260 e. The maximum atomic E-state index is 11.8. The van der Waals surface area contributed by atoms with Crippen LogP contribution in [0.1, 0.15) is 29.8 Å². The summed E-state index contributed by atoms with van der Waals surface area (Å²) in [6.45, 7) is 6.22. The molecule has 0 saturated carbocycles. The Morgan fingerprint density at radius 1 is 1.12 bits per heavy atom. The lowest BCUT2D eigenvalue weighted by Crippen LogP contribution is -2.43. The Balaban J connectivity index is 1.63. The fourth-order valence-corrected chi connectivity index (χ4v) is 2.35. The Labute approximate surface area is 147 Å². The molecule has 2 amide bonds. The molecule has 134 valence electrons. The minimum Gasteiger partial charge on any atom is -0.493 e. The van der Waals surface area contributed by atoms with E-state index in [1.807, 2.05) is 51.1 Å². The van der Waals surface area contributed by atoms with Crippen molar-refractivity contribution < 1.29 is 14.3 Å². The zero-order chi connectivity index (χ0) is 18.2. The predicted octanol–water partition coefficient (Wildman–Crippen LogP) is 1.81. The highest BCUT2D eigenvalue weighted by Crippen LogP contribution is 2.16. The standard InChI is InChI=1S/C18H24N4O3/c1-13-7-4-5-8-16(13)25-10-6-9-17(23)19-20-18(24)12-22-15(3)11-14(2)21-22/h4-5,7-8,11H,6,9-10,12H2,1-3H3,(H,19,23)(H,20,24). The van der Waals surface area contributed by atoms with Gasteiger partial charge in [0.1, 0.15) is 12.3 Å². The lowest BCUT2D eigenvalue weighted by atomic mass is 10.2. The van der Waals surface area contributed by atoms with Crippen LogP contribution in [-0.4, -0.2) is 28.2 Å². The molecule has 0 unspecified atom stereocenters. The van der Waals surface area contributed by atoms with Gasteiger partial charge in [0.2, 0.25) is 5.91 Å². The summed E-state index contributed by atoms with van der Waals surface area (Å²) < 4.78 is 7.22. The van der Waals surface area contributed by atoms with Crippen LogP contribution < -0.4 is 15.6 Å². The average Bonchev–Trinajstić information content (AvgIpc) is 2.88. The number of ether oxygens (including phenoxy) is 1. The van der Waals surface area contributed by atoms with Gasteiger partial charge in [-0.2, -0.15) is 5.10 Å². The molecular weight excluding hydrogens is 320 g/mol. The van der Waals surface area contributed by atoms with Gasteiger partial charge in [-0.1, -0.05) is 18.2 Å². The Morgan fingerprint density at radius 3 is 2.52 bits per heavy atom. The molecule has 1 heterocycles. The molecule has 2 aromatic rings. The van der Waals surface area contributed by atoms with E-state index in [4.69, 9.17) is 4.74 Å². The van der Waals surface area contributed by atoms with E-state index in [0.717, 1.165) is 22.7 Å². The lowest BCUT2D eigenvalue weighted by Gasteiger charge is -2.10. The number of benzene rings is 1. The van der Waals surface area contributed by atoms with E-state index in [1.165, 1.54) is 0 Å². The molecule has 0 aliphatic carbocycles. The third kappa shape index (κ3) is 5.95. The number of hydrazine groups is 1. The first-order valence-corrected chi connectivity index (χ1v) is 8.23. The van der Waals surface area contributed by atoms with Crippen molar-refractivity contribution in [2.24, 2.45) is 0 Å². The van der Waals surface area contributed by atoms with Crippen LogP contribution in [0.4, 0.5) is 0 Å². The molecule has 0 bridgehead atoms. The van der Waals surface area contributed by atoms with E-state index in [9.17, 15) is 9.59 Å². The molecule has 0 saturated heterocycles. The lowest BCUT2D eigenvalue weighted by molar-refractivity contribution is -0.129. The molecule has 0 aliphatic heterocycles. The van der Waals surface area contributed by atoms with Crippen LogP contribution in [0.15, 0.2) is 30.3 Å². The van der Waals surface area contributed by atoms with Gasteiger partial charge >= 0.3 is 0 Å². The Morgan fingerprint density at radius 2 is 1.84 bits per heavy atom. The second-order valence-corrected chi connectivity index (χ2v) is 5.90. The maximum absolute atomic E-state index is 11.8. The third-order valence-corrected chi connectivity index (χ3v) is 3.64. The number of nitrogens with zero attached hydrogens (tertiary/aromatic N) is 2. The topological polar surface area (TPSA) is 85.2 Å². The first kappa shape index (κ1) is 18.5. The molecule has 0 aliphatic rings. The number of aryl methyl sites for hydroxylation is 3. The highest BCUT2D eigenvalue weighted by atomic mass is 16.5. The molecule has 1 aromatic carbocycles. The molecule has 2 N–H and O–H groups in total. The van der Waals surface area contributed by atoms with Crippen LogP contribution in [0, 0.1) is 20.8 Å². The van der Waals surface area contributed by atoms with Crippen molar-refractivity contribution in [1.82, 2.24) is 20.6 Å². The second kappa shape index (κ2) is 8.86. The maximum Gasteiger partial charge on any atom is 0.260 e. The van der Waals surface area contributed by atoms with E-state index in [2.05, 4.69) is 16.0 Å². The predicted molar refractivity (Wildman–Crippen MR) is 93.9 cm³/mol. The van der Waals surface area contributed by atoms with Crippen LogP contribution in [0.2, 0.25) is 0 Å². The Kier molecular flexibility index (Phi) is 6.56. The zero-order valence-corrected chi connectivity index (χ0v) is 14.8. The van der Waals surface area contributed by atoms with Gasteiger partial charge in [0.15, 0.2) is 0 Å². The molecule has 2 rings (SSSR count). The summed E-state index contributed by atoms with van der Waals surface area (Å²) >= 11 is 0. The van der Waals surface area contributed by atoms with Crippen LogP contribution in [-0.2, 0) is 16.1 Å². The third-order valence-electron chi connectivity index (χ3n) is 3.64. The summed E-state index contributed by atoms with van der Waals surface area (Å²) in [5, 5.41) is 4.20. The van der Waals surface area contributed by atoms with Crippen molar-refractivity contribution in [2.45, 2.75) is 40.2 Å². The van der Waals surface area contributed by atoms with Gasteiger partial charge in [-0.3, -0.25) is 25.1 Å². The van der Waals surface area contributed by atoms with Crippen LogP contribution in [0.5, 0.6) is 5.75 Å². The van der Waals surface area contributed by atoms with Crippen molar-refractivity contribution in [3.63, 3.8) is 0 Å². The SMILES string of the molecule is Cc1cc(C)n(CC(=O)NNC(=O)CCCOc2ccccc2C)n1. The highest BCUT2D eigenvalue weighted by Gasteiger charge is 2.08. The average molecular weight is 344 g/mol. The number of nitrogens with one attached hydrogen (secondary N) is 2. The summed E-state index contributed by atoms with van der Waals surface area (Å²) in [6, 6.07) is 9.62. The van der Waals surface area contributed by atoms with E-state index in [1.54, 1.807) is 4.68 Å². The zero-order valence-electron chi connectivity index (χ0n) is 14.8. The normalized spacial score (nSPS) is 10.4. The molecular formula is C18H24N4O3. The van der Waals surface area contributed by atoms with Crippen LogP contribution in [0.3, 0.4) is 0 Å². The van der Waals surface area contributed by atoms with Crippen molar-refractivity contribution >= 4 is 11.8 Å². The molecule has 0 radical (unpaired) electrons. The Bertz CT molecular complexity index is 740. The van der Waals surface area contributed by atoms with Crippen LogP contribution in [0.25, 0.3) is 0 Å². The quantitative estimate of drug-likeness (QED) is 0.593.